The zero-order valence-electron chi connectivity index (χ0n) is 30.6. The highest BCUT2D eigenvalue weighted by Crippen LogP contribution is 2.62. The molecular formula is C41H51N3O8S. The maximum absolute atomic E-state index is 14.9. The van der Waals surface area contributed by atoms with Gasteiger partial charge in [0, 0.05) is 49.7 Å². The molecule has 2 aliphatic carbocycles. The van der Waals surface area contributed by atoms with E-state index in [1.54, 1.807) is 43.6 Å². The predicted molar refractivity (Wildman–Crippen MR) is 204 cm³/mol. The molecule has 53 heavy (non-hydrogen) atoms. The summed E-state index contributed by atoms with van der Waals surface area (Å²) in [6.45, 7) is 8.38. The van der Waals surface area contributed by atoms with Gasteiger partial charge in [0.2, 0.25) is 15.8 Å². The predicted octanol–water partition coefficient (Wildman–Crippen LogP) is 6.38. The lowest BCUT2D eigenvalue weighted by molar-refractivity contribution is -0.250. The number of hydrogen-bond acceptors (Lipinski definition) is 10. The maximum Gasteiger partial charge on any atom is 0.245 e. The molecule has 0 bridgehead atoms. The van der Waals surface area contributed by atoms with Crippen LogP contribution in [0.15, 0.2) is 102 Å². The Morgan fingerprint density at radius 1 is 1.04 bits per heavy atom. The highest BCUT2D eigenvalue weighted by Gasteiger charge is 2.65. The van der Waals surface area contributed by atoms with Gasteiger partial charge in [0.15, 0.2) is 0 Å². The Morgan fingerprint density at radius 3 is 2.53 bits per heavy atom. The molecule has 0 radical (unpaired) electrons. The number of ether oxygens (including phenoxy) is 3. The molecule has 0 spiro atoms. The molecule has 11 nitrogen and oxygen atoms in total. The molecule has 284 valence electrons. The third-order valence-electron chi connectivity index (χ3n) is 10.9. The second kappa shape index (κ2) is 16.9. The van der Waals surface area contributed by atoms with E-state index in [0.717, 1.165) is 36.8 Å². The zero-order chi connectivity index (χ0) is 37.6. The molecule has 2 heterocycles. The normalized spacial score (nSPS) is 25.6. The molecule has 1 aromatic heterocycles. The van der Waals surface area contributed by atoms with Crippen LogP contribution >= 0.6 is 0 Å². The minimum absolute atomic E-state index is 0.0460. The van der Waals surface area contributed by atoms with Crippen molar-refractivity contribution in [3.05, 3.63) is 97.3 Å². The van der Waals surface area contributed by atoms with Crippen molar-refractivity contribution in [3.8, 4) is 11.5 Å². The number of aliphatic hydroxyl groups excluding tert-OH is 2. The Balaban J connectivity index is 1.59. The fraction of sp³-hybridized carbons (Fsp3) is 0.463. The number of fused-ring (bicyclic) bond motifs is 3. The summed E-state index contributed by atoms with van der Waals surface area (Å²) < 4.78 is 51.2. The fourth-order valence-corrected chi connectivity index (χ4v) is 10.2. The summed E-state index contributed by atoms with van der Waals surface area (Å²) in [5.41, 5.74) is 2.82. The second-order valence-electron chi connectivity index (χ2n) is 13.9. The minimum atomic E-state index is -4.20. The number of para-hydroxylation sites is 1. The second-order valence-corrected chi connectivity index (χ2v) is 15.9. The first-order valence-electron chi connectivity index (χ1n) is 18.4. The number of unbranched alkanes of at least 4 members (excludes halogenated alkanes) is 2. The van der Waals surface area contributed by atoms with Crippen molar-refractivity contribution in [2.75, 3.05) is 40.6 Å². The van der Waals surface area contributed by atoms with Crippen LogP contribution in [0.3, 0.4) is 0 Å². The van der Waals surface area contributed by atoms with Gasteiger partial charge in [-0.15, -0.1) is 6.58 Å². The molecule has 3 aliphatic rings. The Hall–Kier alpha value is -4.07. The lowest BCUT2D eigenvalue weighted by Gasteiger charge is -2.59. The van der Waals surface area contributed by atoms with Crippen LogP contribution in [0.4, 0.5) is 0 Å². The van der Waals surface area contributed by atoms with E-state index < -0.39 is 27.8 Å². The van der Waals surface area contributed by atoms with Gasteiger partial charge in [0.1, 0.15) is 30.1 Å². The lowest BCUT2D eigenvalue weighted by atomic mass is 9.55. The van der Waals surface area contributed by atoms with Crippen LogP contribution in [0.1, 0.15) is 56.4 Å². The van der Waals surface area contributed by atoms with E-state index in [1.807, 2.05) is 30.3 Å². The first kappa shape index (κ1) is 38.6. The van der Waals surface area contributed by atoms with Gasteiger partial charge < -0.3 is 29.3 Å². The van der Waals surface area contributed by atoms with E-state index in [2.05, 4.69) is 29.4 Å². The minimum Gasteiger partial charge on any atom is -0.490 e. The number of aromatic nitrogens is 1. The largest absolute Gasteiger partial charge is 0.490 e. The third kappa shape index (κ3) is 7.40. The molecule has 12 heteroatoms. The molecule has 3 aromatic rings. The van der Waals surface area contributed by atoms with E-state index in [0.29, 0.717) is 47.6 Å². The van der Waals surface area contributed by atoms with Crippen molar-refractivity contribution in [1.29, 1.82) is 0 Å². The van der Waals surface area contributed by atoms with Crippen molar-refractivity contribution < 1.29 is 37.7 Å². The van der Waals surface area contributed by atoms with Crippen LogP contribution in [-0.2, 0) is 19.6 Å². The van der Waals surface area contributed by atoms with Crippen LogP contribution in [-0.4, -0.2) is 86.0 Å². The zero-order valence-corrected chi connectivity index (χ0v) is 31.4. The maximum atomic E-state index is 14.9. The SMILES string of the molecule is C=CCOc1ccc2c(c1)C1C(CCCCO)C(CCCCO)C=C3C(=NOC)CC(N(C)S(=O)(=O)c4cccc5cccnc45)C(OCC=C)(O2)C31. The van der Waals surface area contributed by atoms with E-state index in [9.17, 15) is 18.6 Å². The molecular weight excluding hydrogens is 695 g/mol. The summed E-state index contributed by atoms with van der Waals surface area (Å²) in [5.74, 6) is -0.890. The van der Waals surface area contributed by atoms with Gasteiger partial charge in [-0.05, 0) is 73.4 Å². The number of rotatable bonds is 18. The summed E-state index contributed by atoms with van der Waals surface area (Å²) >= 11 is 0. The van der Waals surface area contributed by atoms with Gasteiger partial charge in [0.25, 0.3) is 0 Å². The molecule has 1 fully saturated rings. The highest BCUT2D eigenvalue weighted by atomic mass is 32.2. The number of benzene rings is 2. The van der Waals surface area contributed by atoms with Crippen LogP contribution in [0.5, 0.6) is 11.5 Å². The number of likely N-dealkylation sites (N-methyl/N-ethyl adjacent to an activating group) is 1. The average Bonchev–Trinajstić information content (AvgIpc) is 3.17. The van der Waals surface area contributed by atoms with Gasteiger partial charge in [-0.3, -0.25) is 4.98 Å². The van der Waals surface area contributed by atoms with E-state index in [-0.39, 0.29) is 48.9 Å². The standard InChI is InChI=1S/C41H51N3O8S/c1-5-23-50-30-18-19-35-33(26-30)38-31(16-8-10-22-46)29(13-7-9-21-45)25-32-34(43-49-4)27-37(41(52-35,39(32)38)51-24-6-2)44(3)53(47,48)36-17-11-14-28-15-12-20-42-40(28)36/h5-6,11-12,14-15,17-20,25-26,29,31,37-39,45-46H,1-2,7-10,13,16,21-24,27H2,3-4H3. The smallest absolute Gasteiger partial charge is 0.245 e. The molecule has 1 aliphatic heterocycles. The van der Waals surface area contributed by atoms with Crippen LogP contribution in [0.2, 0.25) is 0 Å². The number of allylic oxidation sites excluding steroid dienone is 1. The topological polar surface area (TPSA) is 140 Å². The summed E-state index contributed by atoms with van der Waals surface area (Å²) in [4.78, 5) is 10.0. The average molecular weight is 746 g/mol. The Kier molecular flexibility index (Phi) is 12.4. The molecule has 6 atom stereocenters. The molecule has 2 N–H and O–H groups in total. The number of sulfonamides is 1. The van der Waals surface area contributed by atoms with Crippen molar-refractivity contribution >= 4 is 26.6 Å². The Morgan fingerprint density at radius 2 is 1.79 bits per heavy atom. The molecule has 6 unspecified atom stereocenters. The van der Waals surface area contributed by atoms with Gasteiger partial charge in [0.05, 0.1) is 29.8 Å². The molecule has 2 aromatic carbocycles. The van der Waals surface area contributed by atoms with Crippen LogP contribution in [0, 0.1) is 17.8 Å². The molecule has 6 rings (SSSR count). The third-order valence-corrected chi connectivity index (χ3v) is 12.8. The summed E-state index contributed by atoms with van der Waals surface area (Å²) in [6.07, 6.45) is 11.9. The molecule has 1 saturated carbocycles. The van der Waals surface area contributed by atoms with E-state index >= 15 is 0 Å². The van der Waals surface area contributed by atoms with Gasteiger partial charge in [-0.2, -0.15) is 4.31 Å². The number of hydrogen-bond donors (Lipinski definition) is 2. The first-order chi connectivity index (χ1) is 25.7. The van der Waals surface area contributed by atoms with Crippen molar-refractivity contribution in [1.82, 2.24) is 9.29 Å². The fourth-order valence-electron chi connectivity index (χ4n) is 8.67. The van der Waals surface area contributed by atoms with Gasteiger partial charge in [-0.1, -0.05) is 61.0 Å². The highest BCUT2D eigenvalue weighted by molar-refractivity contribution is 7.89. The van der Waals surface area contributed by atoms with E-state index in [4.69, 9.17) is 19.0 Å². The quantitative estimate of drug-likeness (QED) is 0.0862. The van der Waals surface area contributed by atoms with E-state index in [1.165, 1.54) is 11.4 Å². The molecule has 0 saturated heterocycles. The number of pyridine rings is 1. The molecule has 0 amide bonds. The Labute approximate surface area is 312 Å². The summed E-state index contributed by atoms with van der Waals surface area (Å²) in [6, 6.07) is 13.6. The summed E-state index contributed by atoms with van der Waals surface area (Å²) in [7, 11) is -1.14. The van der Waals surface area contributed by atoms with Crippen molar-refractivity contribution in [2.45, 2.75) is 67.6 Å². The lowest BCUT2D eigenvalue weighted by Crippen LogP contribution is -2.69. The Bertz CT molecular complexity index is 1940. The number of oxime groups is 1. The van der Waals surface area contributed by atoms with Crippen molar-refractivity contribution in [3.63, 3.8) is 0 Å². The van der Waals surface area contributed by atoms with Gasteiger partial charge in [-0.25, -0.2) is 8.42 Å². The van der Waals surface area contributed by atoms with Crippen molar-refractivity contribution in [2.24, 2.45) is 22.9 Å². The number of aliphatic hydroxyl groups is 2. The first-order valence-corrected chi connectivity index (χ1v) is 19.9. The summed E-state index contributed by atoms with van der Waals surface area (Å²) in [5, 5.41) is 24.8. The number of nitrogens with zero attached hydrogens (tertiary/aromatic N) is 3. The monoisotopic (exact) mass is 745 g/mol. The van der Waals surface area contributed by atoms with Crippen LogP contribution in [0.25, 0.3) is 10.9 Å². The van der Waals surface area contributed by atoms with Crippen LogP contribution < -0.4 is 9.47 Å². The van der Waals surface area contributed by atoms with Gasteiger partial charge >= 0.3 is 0 Å².